The molecule has 1 atom stereocenters. The van der Waals surface area contributed by atoms with Crippen LogP contribution in [0.25, 0.3) is 0 Å². The van der Waals surface area contributed by atoms with E-state index in [1.165, 1.54) is 0 Å². The molecular formula is C19H33F2N3O. The van der Waals surface area contributed by atoms with Crippen molar-refractivity contribution in [2.24, 2.45) is 11.8 Å². The number of piperazine rings is 1. The van der Waals surface area contributed by atoms with Gasteiger partial charge in [0, 0.05) is 64.1 Å². The fraction of sp³-hybridized carbons (Fsp3) is 0.947. The number of alkyl halides is 2. The van der Waals surface area contributed by atoms with Crippen molar-refractivity contribution in [1.29, 1.82) is 0 Å². The van der Waals surface area contributed by atoms with E-state index >= 15 is 0 Å². The van der Waals surface area contributed by atoms with Crippen LogP contribution in [0.3, 0.4) is 0 Å². The Morgan fingerprint density at radius 3 is 2.40 bits per heavy atom. The second-order valence-corrected chi connectivity index (χ2v) is 8.57. The normalized spacial score (nSPS) is 28.5. The van der Waals surface area contributed by atoms with E-state index in [4.69, 9.17) is 0 Å². The Morgan fingerprint density at radius 1 is 1.16 bits per heavy atom. The van der Waals surface area contributed by atoms with Gasteiger partial charge in [-0.2, -0.15) is 0 Å². The molecule has 2 saturated heterocycles. The van der Waals surface area contributed by atoms with Gasteiger partial charge in [-0.1, -0.05) is 13.8 Å². The van der Waals surface area contributed by atoms with E-state index in [-0.39, 0.29) is 12.3 Å². The first-order chi connectivity index (χ1) is 11.8. The van der Waals surface area contributed by atoms with Crippen LogP contribution in [0.1, 0.15) is 46.0 Å². The maximum atomic E-state index is 13.7. The number of hydrogen-bond acceptors (Lipinski definition) is 3. The van der Waals surface area contributed by atoms with Crippen molar-refractivity contribution in [3.8, 4) is 0 Å². The molecule has 2 aliphatic heterocycles. The maximum absolute atomic E-state index is 13.7. The molecule has 3 aliphatic rings. The molecule has 3 fully saturated rings. The van der Waals surface area contributed by atoms with Crippen LogP contribution in [0.2, 0.25) is 0 Å². The highest BCUT2D eigenvalue weighted by atomic mass is 19.3. The molecule has 6 heteroatoms. The second-order valence-electron chi connectivity index (χ2n) is 8.57. The Balaban J connectivity index is 1.32. The first-order valence-corrected chi connectivity index (χ1v) is 9.97. The van der Waals surface area contributed by atoms with E-state index in [0.29, 0.717) is 37.6 Å². The van der Waals surface area contributed by atoms with Crippen molar-refractivity contribution in [2.75, 3.05) is 45.8 Å². The predicted molar refractivity (Wildman–Crippen MR) is 94.7 cm³/mol. The zero-order valence-electron chi connectivity index (χ0n) is 15.7. The molecule has 0 aromatic carbocycles. The minimum atomic E-state index is -2.43. The molecule has 1 amide bonds. The molecule has 25 heavy (non-hydrogen) atoms. The maximum Gasteiger partial charge on any atom is 0.250 e. The second kappa shape index (κ2) is 7.87. The van der Waals surface area contributed by atoms with Crippen LogP contribution in [0.15, 0.2) is 0 Å². The predicted octanol–water partition coefficient (Wildman–Crippen LogP) is 2.69. The summed E-state index contributed by atoms with van der Waals surface area (Å²) in [6.07, 6.45) is 2.73. The number of halogens is 2. The van der Waals surface area contributed by atoms with E-state index in [0.717, 1.165) is 45.8 Å². The lowest BCUT2D eigenvalue weighted by molar-refractivity contribution is -0.134. The summed E-state index contributed by atoms with van der Waals surface area (Å²) in [5.41, 5.74) is 0. The zero-order valence-corrected chi connectivity index (χ0v) is 15.7. The monoisotopic (exact) mass is 357 g/mol. The van der Waals surface area contributed by atoms with Crippen molar-refractivity contribution in [1.82, 2.24) is 14.7 Å². The van der Waals surface area contributed by atoms with Gasteiger partial charge in [-0.15, -0.1) is 0 Å². The highest BCUT2D eigenvalue weighted by molar-refractivity contribution is 5.76. The number of hydrogen-bond donors (Lipinski definition) is 0. The van der Waals surface area contributed by atoms with Gasteiger partial charge in [0.1, 0.15) is 0 Å². The molecule has 0 radical (unpaired) electrons. The van der Waals surface area contributed by atoms with Crippen LogP contribution in [0, 0.1) is 11.8 Å². The largest absolute Gasteiger partial charge is 0.340 e. The zero-order chi connectivity index (χ0) is 18.0. The highest BCUT2D eigenvalue weighted by Crippen LogP contribution is 2.42. The summed E-state index contributed by atoms with van der Waals surface area (Å²) in [6.45, 7) is 10.5. The molecule has 0 N–H and O–H groups in total. The van der Waals surface area contributed by atoms with Gasteiger partial charge in [-0.05, 0) is 31.7 Å². The molecule has 0 aromatic heterocycles. The van der Waals surface area contributed by atoms with Crippen LogP contribution in [0.4, 0.5) is 8.78 Å². The van der Waals surface area contributed by atoms with Gasteiger partial charge >= 0.3 is 0 Å². The van der Waals surface area contributed by atoms with Crippen LogP contribution in [-0.2, 0) is 4.79 Å². The molecule has 3 rings (SSSR count). The standard InChI is InChI=1S/C19H33F2N3O/c1-15(2)12-18(25)24-10-8-23(9-11-24)17-13-22(14-17)7-5-16-4-3-6-19(16,20)21/h15-17H,3-14H2,1-2H3. The molecule has 0 bridgehead atoms. The molecule has 2 heterocycles. The summed E-state index contributed by atoms with van der Waals surface area (Å²) in [4.78, 5) is 18.9. The summed E-state index contributed by atoms with van der Waals surface area (Å²) in [5.74, 6) is -2.13. The van der Waals surface area contributed by atoms with Crippen LogP contribution < -0.4 is 0 Å². The Bertz CT molecular complexity index is 458. The molecule has 0 aromatic rings. The SMILES string of the molecule is CC(C)CC(=O)N1CCN(C2CN(CCC3CCCC3(F)F)C2)CC1. The summed E-state index contributed by atoms with van der Waals surface area (Å²) < 4.78 is 27.3. The van der Waals surface area contributed by atoms with E-state index in [1.807, 2.05) is 4.90 Å². The van der Waals surface area contributed by atoms with Crippen molar-refractivity contribution in [3.63, 3.8) is 0 Å². The Kier molecular flexibility index (Phi) is 5.99. The van der Waals surface area contributed by atoms with Gasteiger partial charge in [0.25, 0.3) is 5.92 Å². The first-order valence-electron chi connectivity index (χ1n) is 9.97. The van der Waals surface area contributed by atoms with Crippen LogP contribution in [-0.4, -0.2) is 78.4 Å². The number of rotatable bonds is 6. The third kappa shape index (κ3) is 4.70. The van der Waals surface area contributed by atoms with Gasteiger partial charge in [-0.3, -0.25) is 9.69 Å². The lowest BCUT2D eigenvalue weighted by atomic mass is 9.98. The van der Waals surface area contributed by atoms with Gasteiger partial charge in [0.05, 0.1) is 0 Å². The lowest BCUT2D eigenvalue weighted by Crippen LogP contribution is -2.63. The van der Waals surface area contributed by atoms with Gasteiger partial charge in [0.15, 0.2) is 0 Å². The Labute approximate surface area is 150 Å². The average molecular weight is 357 g/mol. The molecular weight excluding hydrogens is 324 g/mol. The molecule has 4 nitrogen and oxygen atoms in total. The Morgan fingerprint density at radius 2 is 1.84 bits per heavy atom. The summed E-state index contributed by atoms with van der Waals surface area (Å²) >= 11 is 0. The van der Waals surface area contributed by atoms with E-state index in [1.54, 1.807) is 0 Å². The third-order valence-electron chi connectivity index (χ3n) is 6.16. The highest BCUT2D eigenvalue weighted by Gasteiger charge is 2.44. The summed E-state index contributed by atoms with van der Waals surface area (Å²) in [6, 6.07) is 0.548. The minimum Gasteiger partial charge on any atom is -0.340 e. The Hall–Kier alpha value is -0.750. The average Bonchev–Trinajstić information content (AvgIpc) is 2.84. The van der Waals surface area contributed by atoms with Crippen molar-refractivity contribution < 1.29 is 13.6 Å². The smallest absolute Gasteiger partial charge is 0.250 e. The molecule has 1 unspecified atom stereocenters. The number of carbonyl (C=O) groups is 1. The van der Waals surface area contributed by atoms with Crippen molar-refractivity contribution in [3.05, 3.63) is 0 Å². The van der Waals surface area contributed by atoms with E-state index < -0.39 is 11.8 Å². The molecule has 1 aliphatic carbocycles. The van der Waals surface area contributed by atoms with Gasteiger partial charge in [-0.25, -0.2) is 8.78 Å². The van der Waals surface area contributed by atoms with Crippen LogP contribution >= 0.6 is 0 Å². The molecule has 1 saturated carbocycles. The van der Waals surface area contributed by atoms with Crippen molar-refractivity contribution in [2.45, 2.75) is 57.9 Å². The topological polar surface area (TPSA) is 26.8 Å². The van der Waals surface area contributed by atoms with Gasteiger partial charge < -0.3 is 9.80 Å². The molecule has 0 spiro atoms. The third-order valence-corrected chi connectivity index (χ3v) is 6.16. The van der Waals surface area contributed by atoms with Crippen molar-refractivity contribution >= 4 is 5.91 Å². The number of likely N-dealkylation sites (tertiary alicyclic amines) is 1. The number of carbonyl (C=O) groups excluding carboxylic acids is 1. The number of amides is 1. The fourth-order valence-corrected chi connectivity index (χ4v) is 4.46. The minimum absolute atomic E-state index is 0.0834. The fourth-order valence-electron chi connectivity index (χ4n) is 4.46. The van der Waals surface area contributed by atoms with Gasteiger partial charge in [0.2, 0.25) is 5.91 Å². The molecule has 144 valence electrons. The van der Waals surface area contributed by atoms with E-state index in [2.05, 4.69) is 23.6 Å². The van der Waals surface area contributed by atoms with Crippen LogP contribution in [0.5, 0.6) is 0 Å². The summed E-state index contributed by atoms with van der Waals surface area (Å²) in [5, 5.41) is 0. The quantitative estimate of drug-likeness (QED) is 0.731. The first kappa shape index (κ1) is 19.0. The summed E-state index contributed by atoms with van der Waals surface area (Å²) in [7, 11) is 0. The lowest BCUT2D eigenvalue weighted by Gasteiger charge is -2.48. The van der Waals surface area contributed by atoms with E-state index in [9.17, 15) is 13.6 Å². The number of nitrogens with zero attached hydrogens (tertiary/aromatic N) is 3.